The van der Waals surface area contributed by atoms with E-state index < -0.39 is 11.7 Å². The number of nitrogens with zero attached hydrogens (tertiary/aromatic N) is 2. The number of hydrogen-bond donors (Lipinski definition) is 2. The fourth-order valence-electron chi connectivity index (χ4n) is 3.30. The van der Waals surface area contributed by atoms with Gasteiger partial charge < -0.3 is 5.32 Å². The number of likely N-dealkylation sites (N-methyl/N-ethyl adjacent to an activating group) is 1. The van der Waals surface area contributed by atoms with Crippen LogP contribution in [-0.4, -0.2) is 41.3 Å². The van der Waals surface area contributed by atoms with Gasteiger partial charge in [0.2, 0.25) is 0 Å². The van der Waals surface area contributed by atoms with E-state index in [0.717, 1.165) is 55.0 Å². The molecule has 0 aliphatic carbocycles. The lowest BCUT2D eigenvalue weighted by Gasteiger charge is -2.24. The average Bonchev–Trinajstić information content (AvgIpc) is 3.17. The highest BCUT2D eigenvalue weighted by Crippen LogP contribution is 2.31. The van der Waals surface area contributed by atoms with Crippen LogP contribution < -0.4 is 5.32 Å². The summed E-state index contributed by atoms with van der Waals surface area (Å²) in [5.41, 5.74) is 1.89. The van der Waals surface area contributed by atoms with Crippen LogP contribution in [0.5, 0.6) is 0 Å². The van der Waals surface area contributed by atoms with E-state index in [9.17, 15) is 13.2 Å². The number of H-pyrrole nitrogens is 1. The van der Waals surface area contributed by atoms with E-state index in [1.165, 1.54) is 18.6 Å². The van der Waals surface area contributed by atoms with Gasteiger partial charge in [-0.05, 0) is 44.1 Å². The number of rotatable bonds is 5. The average molecular weight is 338 g/mol. The van der Waals surface area contributed by atoms with Crippen molar-refractivity contribution in [2.45, 2.75) is 31.6 Å². The lowest BCUT2D eigenvalue weighted by atomic mass is 10.1. The van der Waals surface area contributed by atoms with Crippen LogP contribution >= 0.6 is 0 Å². The van der Waals surface area contributed by atoms with Crippen molar-refractivity contribution in [3.63, 3.8) is 0 Å². The van der Waals surface area contributed by atoms with Crippen LogP contribution in [0.1, 0.15) is 24.0 Å². The number of aromatic amines is 1. The number of alkyl halides is 3. The molecule has 24 heavy (non-hydrogen) atoms. The molecule has 0 bridgehead atoms. The predicted molar refractivity (Wildman–Crippen MR) is 86.4 cm³/mol. The molecule has 0 radical (unpaired) electrons. The molecular weight excluding hydrogens is 317 g/mol. The molecule has 1 aromatic carbocycles. The van der Waals surface area contributed by atoms with Crippen LogP contribution in [0, 0.1) is 0 Å². The number of hydrogen-bond acceptors (Lipinski definition) is 3. The summed E-state index contributed by atoms with van der Waals surface area (Å²) in [6.45, 7) is 2.72. The highest BCUT2D eigenvalue weighted by Gasteiger charge is 2.30. The smallest absolute Gasteiger partial charge is 0.318 e. The molecule has 1 unspecified atom stereocenters. The Kier molecular flexibility index (Phi) is 4.91. The van der Waals surface area contributed by atoms with E-state index in [0.29, 0.717) is 6.04 Å². The molecule has 130 valence electrons. The monoisotopic (exact) mass is 338 g/mol. The number of likely N-dealkylation sites (tertiary alicyclic amines) is 1. The molecule has 7 heteroatoms. The maximum atomic E-state index is 12.7. The molecule has 2 aromatic rings. The van der Waals surface area contributed by atoms with Gasteiger partial charge in [0.15, 0.2) is 0 Å². The summed E-state index contributed by atoms with van der Waals surface area (Å²) in [5, 5.41) is 10.2. The standard InChI is InChI=1S/C17H21F3N4/c1-21-10-15-3-2-8-24(15)11-13-9-22-23-16(13)12-4-6-14(7-5-12)17(18,19)20/h4-7,9,15,21H,2-3,8,10-11H2,1H3,(H,22,23). The third-order valence-corrected chi connectivity index (χ3v) is 4.53. The van der Waals surface area contributed by atoms with Crippen molar-refractivity contribution < 1.29 is 13.2 Å². The molecule has 3 rings (SSSR count). The minimum Gasteiger partial charge on any atom is -0.318 e. The molecule has 1 atom stereocenters. The maximum Gasteiger partial charge on any atom is 0.416 e. The molecule has 0 spiro atoms. The number of halogens is 3. The first-order valence-corrected chi connectivity index (χ1v) is 8.07. The SMILES string of the molecule is CNCC1CCCN1Cc1cn[nH]c1-c1ccc(C(F)(F)F)cc1. The minimum absolute atomic E-state index is 0.491. The zero-order valence-electron chi connectivity index (χ0n) is 13.5. The zero-order valence-corrected chi connectivity index (χ0v) is 13.5. The van der Waals surface area contributed by atoms with Crippen LogP contribution in [0.4, 0.5) is 13.2 Å². The van der Waals surface area contributed by atoms with E-state index in [4.69, 9.17) is 0 Å². The van der Waals surface area contributed by atoms with Crippen LogP contribution in [0.3, 0.4) is 0 Å². The minimum atomic E-state index is -4.31. The number of nitrogens with one attached hydrogen (secondary N) is 2. The molecule has 2 heterocycles. The van der Waals surface area contributed by atoms with Gasteiger partial charge in [-0.15, -0.1) is 0 Å². The summed E-state index contributed by atoms with van der Waals surface area (Å²) in [4.78, 5) is 2.40. The lowest BCUT2D eigenvalue weighted by Crippen LogP contribution is -2.36. The van der Waals surface area contributed by atoms with Gasteiger partial charge >= 0.3 is 6.18 Å². The topological polar surface area (TPSA) is 44.0 Å². The summed E-state index contributed by atoms with van der Waals surface area (Å²) in [6.07, 6.45) is -0.221. The van der Waals surface area contributed by atoms with E-state index in [1.54, 1.807) is 6.20 Å². The second-order valence-electron chi connectivity index (χ2n) is 6.17. The first-order valence-electron chi connectivity index (χ1n) is 8.07. The summed E-state index contributed by atoms with van der Waals surface area (Å²) < 4.78 is 38.1. The van der Waals surface area contributed by atoms with Crippen molar-refractivity contribution in [1.29, 1.82) is 0 Å². The maximum absolute atomic E-state index is 12.7. The lowest BCUT2D eigenvalue weighted by molar-refractivity contribution is -0.137. The third kappa shape index (κ3) is 3.62. The van der Waals surface area contributed by atoms with Crippen molar-refractivity contribution in [2.24, 2.45) is 0 Å². The van der Waals surface area contributed by atoms with E-state index in [2.05, 4.69) is 20.4 Å². The second kappa shape index (κ2) is 6.94. The summed E-state index contributed by atoms with van der Waals surface area (Å²) >= 11 is 0. The largest absolute Gasteiger partial charge is 0.416 e. The second-order valence-corrected chi connectivity index (χ2v) is 6.17. The number of aromatic nitrogens is 2. The summed E-state index contributed by atoms with van der Waals surface area (Å²) in [6, 6.07) is 5.70. The van der Waals surface area contributed by atoms with E-state index >= 15 is 0 Å². The fourth-order valence-corrected chi connectivity index (χ4v) is 3.30. The molecule has 1 aromatic heterocycles. The van der Waals surface area contributed by atoms with Gasteiger partial charge in [-0.3, -0.25) is 10.00 Å². The molecule has 1 aliphatic rings. The predicted octanol–water partition coefficient (Wildman–Crippen LogP) is 3.28. The molecule has 0 saturated carbocycles. The Balaban J connectivity index is 1.78. The molecule has 4 nitrogen and oxygen atoms in total. The van der Waals surface area contributed by atoms with Gasteiger partial charge in [0.25, 0.3) is 0 Å². The molecule has 0 amide bonds. The molecule has 1 fully saturated rings. The number of benzene rings is 1. The Hall–Kier alpha value is -1.86. The highest BCUT2D eigenvalue weighted by atomic mass is 19.4. The quantitative estimate of drug-likeness (QED) is 0.879. The van der Waals surface area contributed by atoms with Gasteiger partial charge in [-0.25, -0.2) is 0 Å². The Labute approximate surface area is 139 Å². The normalized spacial score (nSPS) is 19.1. The molecular formula is C17H21F3N4. The van der Waals surface area contributed by atoms with E-state index in [1.807, 2.05) is 7.05 Å². The van der Waals surface area contributed by atoms with Crippen LogP contribution in [0.2, 0.25) is 0 Å². The fraction of sp³-hybridized carbons (Fsp3) is 0.471. The van der Waals surface area contributed by atoms with Crippen molar-refractivity contribution >= 4 is 0 Å². The van der Waals surface area contributed by atoms with Crippen LogP contribution in [-0.2, 0) is 12.7 Å². The zero-order chi connectivity index (χ0) is 17.2. The third-order valence-electron chi connectivity index (χ3n) is 4.53. The van der Waals surface area contributed by atoms with Gasteiger partial charge in [0, 0.05) is 24.7 Å². The van der Waals surface area contributed by atoms with Gasteiger partial charge in [-0.1, -0.05) is 12.1 Å². The Morgan fingerprint density at radius 1 is 1.29 bits per heavy atom. The van der Waals surface area contributed by atoms with Crippen LogP contribution in [0.25, 0.3) is 11.3 Å². The van der Waals surface area contributed by atoms with Crippen molar-refractivity contribution in [2.75, 3.05) is 20.1 Å². The van der Waals surface area contributed by atoms with Gasteiger partial charge in [0.1, 0.15) is 0 Å². The van der Waals surface area contributed by atoms with Crippen LogP contribution in [0.15, 0.2) is 30.5 Å². The van der Waals surface area contributed by atoms with Crippen molar-refractivity contribution in [1.82, 2.24) is 20.4 Å². The first kappa shape index (κ1) is 17.0. The van der Waals surface area contributed by atoms with Crippen molar-refractivity contribution in [3.05, 3.63) is 41.6 Å². The first-order chi connectivity index (χ1) is 11.5. The highest BCUT2D eigenvalue weighted by molar-refractivity contribution is 5.63. The molecule has 1 aliphatic heterocycles. The summed E-state index contributed by atoms with van der Waals surface area (Å²) in [5.74, 6) is 0. The van der Waals surface area contributed by atoms with E-state index in [-0.39, 0.29) is 0 Å². The Morgan fingerprint density at radius 2 is 2.04 bits per heavy atom. The van der Waals surface area contributed by atoms with Gasteiger partial charge in [-0.2, -0.15) is 18.3 Å². The molecule has 2 N–H and O–H groups in total. The van der Waals surface area contributed by atoms with Crippen molar-refractivity contribution in [3.8, 4) is 11.3 Å². The van der Waals surface area contributed by atoms with Gasteiger partial charge in [0.05, 0.1) is 17.5 Å². The molecule has 1 saturated heterocycles. The Bertz CT molecular complexity index is 663. The Morgan fingerprint density at radius 3 is 2.71 bits per heavy atom. The summed E-state index contributed by atoms with van der Waals surface area (Å²) in [7, 11) is 1.95.